The van der Waals surface area contributed by atoms with E-state index in [-0.39, 0.29) is 11.5 Å². The van der Waals surface area contributed by atoms with Crippen LogP contribution in [0.1, 0.15) is 20.3 Å². The molecule has 0 spiro atoms. The molecule has 0 radical (unpaired) electrons. The number of benzene rings is 4. The van der Waals surface area contributed by atoms with Crippen LogP contribution in [0.3, 0.4) is 0 Å². The van der Waals surface area contributed by atoms with Gasteiger partial charge in [0.1, 0.15) is 11.5 Å². The van der Waals surface area contributed by atoms with Crippen LogP contribution in [0.4, 0.5) is 0 Å². The molecule has 0 aliphatic carbocycles. The highest BCUT2D eigenvalue weighted by molar-refractivity contribution is 5.88. The summed E-state index contributed by atoms with van der Waals surface area (Å²) in [6.07, 6.45) is -5.37. The number of carbonyl (C=O) groups excluding carboxylic acids is 4. The summed E-state index contributed by atoms with van der Waals surface area (Å²) in [5.74, 6) is -3.42. The van der Waals surface area contributed by atoms with Gasteiger partial charge in [-0.25, -0.2) is 14.4 Å². The third-order valence-electron chi connectivity index (χ3n) is 5.78. The number of hydrogen-bond donors (Lipinski definition) is 1. The minimum absolute atomic E-state index is 0.260. The molecule has 3 atom stereocenters. The van der Waals surface area contributed by atoms with E-state index in [0.717, 1.165) is 21.5 Å². The second-order valence-electron chi connectivity index (χ2n) is 8.79. The first kappa shape index (κ1) is 27.3. The van der Waals surface area contributed by atoms with Crippen LogP contribution in [-0.2, 0) is 28.7 Å². The van der Waals surface area contributed by atoms with Crippen LogP contribution in [0.25, 0.3) is 21.5 Å². The quantitative estimate of drug-likeness (QED) is 0.251. The third-order valence-corrected chi connectivity index (χ3v) is 5.78. The third kappa shape index (κ3) is 7.18. The van der Waals surface area contributed by atoms with Crippen LogP contribution in [-0.4, -0.2) is 47.3 Å². The van der Waals surface area contributed by atoms with Gasteiger partial charge in [-0.3, -0.25) is 4.79 Å². The molecule has 0 aliphatic heterocycles. The highest BCUT2D eigenvalue weighted by Crippen LogP contribution is 2.22. The van der Waals surface area contributed by atoms with E-state index in [1.807, 2.05) is 48.5 Å². The maximum Gasteiger partial charge on any atom is 0.352 e. The fourth-order valence-electron chi connectivity index (χ4n) is 3.70. The first-order valence-electron chi connectivity index (χ1n) is 12.2. The lowest BCUT2D eigenvalue weighted by atomic mass is 10.1. The Morgan fingerprint density at radius 2 is 1.05 bits per heavy atom. The van der Waals surface area contributed by atoms with Crippen LogP contribution < -0.4 is 9.47 Å². The van der Waals surface area contributed by atoms with Crippen molar-refractivity contribution in [2.24, 2.45) is 0 Å². The topological polar surface area (TPSA) is 125 Å². The molecule has 0 saturated carbocycles. The number of fused-ring (bicyclic) bond motifs is 2. The fourth-order valence-corrected chi connectivity index (χ4v) is 3.70. The summed E-state index contributed by atoms with van der Waals surface area (Å²) in [7, 11) is 0. The van der Waals surface area contributed by atoms with E-state index < -0.39 is 48.6 Å². The molecule has 200 valence electrons. The van der Waals surface area contributed by atoms with Crippen molar-refractivity contribution >= 4 is 45.4 Å². The van der Waals surface area contributed by atoms with E-state index in [2.05, 4.69) is 0 Å². The normalized spacial score (nSPS) is 13.2. The molecule has 0 saturated heterocycles. The maximum atomic E-state index is 12.3. The zero-order chi connectivity index (χ0) is 27.9. The van der Waals surface area contributed by atoms with Crippen molar-refractivity contribution in [1.29, 1.82) is 0 Å². The van der Waals surface area contributed by atoms with Gasteiger partial charge < -0.3 is 24.1 Å². The Morgan fingerprint density at radius 3 is 1.54 bits per heavy atom. The predicted octanol–water partition coefficient (Wildman–Crippen LogP) is 4.12. The van der Waals surface area contributed by atoms with Gasteiger partial charge in [0.05, 0.1) is 6.42 Å². The average Bonchev–Trinajstić information content (AvgIpc) is 2.92. The molecular formula is C30H26O9. The number of ether oxygens (including phenoxy) is 4. The largest absolute Gasteiger partial charge is 0.451 e. The summed E-state index contributed by atoms with van der Waals surface area (Å²) < 4.78 is 20.4. The molecule has 4 aromatic carbocycles. The van der Waals surface area contributed by atoms with Crippen molar-refractivity contribution < 1.29 is 43.2 Å². The number of hydrogen-bond acceptors (Lipinski definition) is 9. The van der Waals surface area contributed by atoms with Gasteiger partial charge in [0.2, 0.25) is 0 Å². The van der Waals surface area contributed by atoms with E-state index >= 15 is 0 Å². The van der Waals surface area contributed by atoms with E-state index in [0.29, 0.717) is 0 Å². The van der Waals surface area contributed by atoms with Crippen LogP contribution in [0.2, 0.25) is 0 Å². The van der Waals surface area contributed by atoms with E-state index in [4.69, 9.17) is 18.9 Å². The van der Waals surface area contributed by atoms with Crippen molar-refractivity contribution in [2.45, 2.75) is 38.6 Å². The minimum atomic E-state index is -1.92. The maximum absolute atomic E-state index is 12.3. The van der Waals surface area contributed by atoms with Crippen LogP contribution in [0, 0.1) is 0 Å². The van der Waals surface area contributed by atoms with Crippen molar-refractivity contribution in [3.8, 4) is 11.5 Å². The summed E-state index contributed by atoms with van der Waals surface area (Å²) in [4.78, 5) is 49.1. The van der Waals surface area contributed by atoms with E-state index in [1.54, 1.807) is 36.4 Å². The molecule has 4 aromatic rings. The molecule has 9 nitrogen and oxygen atoms in total. The molecule has 3 unspecified atom stereocenters. The molecule has 1 N–H and O–H groups in total. The second kappa shape index (κ2) is 12.2. The Hall–Kier alpha value is -4.76. The summed E-state index contributed by atoms with van der Waals surface area (Å²) in [5.41, 5.74) is 0. The Balaban J connectivity index is 1.23. The number of esters is 4. The number of carbonyl (C=O) groups is 4. The Kier molecular flexibility index (Phi) is 8.53. The summed E-state index contributed by atoms with van der Waals surface area (Å²) in [5, 5.41) is 13.7. The lowest BCUT2D eigenvalue weighted by Crippen LogP contribution is -2.35. The summed E-state index contributed by atoms with van der Waals surface area (Å²) in [6, 6.07) is 25.1. The van der Waals surface area contributed by atoms with Crippen molar-refractivity contribution in [1.82, 2.24) is 0 Å². The lowest BCUT2D eigenvalue weighted by molar-refractivity contribution is -0.172. The monoisotopic (exact) mass is 530 g/mol. The molecule has 0 heterocycles. The highest BCUT2D eigenvalue weighted by atomic mass is 16.6. The van der Waals surface area contributed by atoms with Gasteiger partial charge in [0.25, 0.3) is 0 Å². The van der Waals surface area contributed by atoms with Gasteiger partial charge in [-0.2, -0.15) is 0 Å². The van der Waals surface area contributed by atoms with Gasteiger partial charge in [0, 0.05) is 0 Å². The van der Waals surface area contributed by atoms with Crippen LogP contribution in [0.5, 0.6) is 11.5 Å². The Bertz CT molecular complexity index is 1530. The van der Waals surface area contributed by atoms with Gasteiger partial charge in [-0.05, 0) is 59.7 Å². The van der Waals surface area contributed by atoms with Crippen molar-refractivity contribution in [3.05, 3.63) is 84.9 Å². The fraction of sp³-hybridized carbons (Fsp3) is 0.200. The number of aliphatic hydroxyl groups excluding tert-OH is 1. The van der Waals surface area contributed by atoms with Crippen molar-refractivity contribution in [3.63, 3.8) is 0 Å². The van der Waals surface area contributed by atoms with Crippen LogP contribution in [0.15, 0.2) is 84.9 Å². The molecule has 9 heteroatoms. The highest BCUT2D eigenvalue weighted by Gasteiger charge is 2.29. The molecule has 0 aromatic heterocycles. The molecule has 4 rings (SSSR count). The van der Waals surface area contributed by atoms with Gasteiger partial charge >= 0.3 is 23.9 Å². The summed E-state index contributed by atoms with van der Waals surface area (Å²) >= 11 is 0. The molecular weight excluding hydrogens is 504 g/mol. The first-order chi connectivity index (χ1) is 18.7. The number of rotatable bonds is 9. The SMILES string of the molecule is CC(OC(=O)CC(O)C(=O)OC(C)C(=O)Oc1ccc2ccccc2c1)C(=O)Oc1ccc2ccccc2c1. The Labute approximate surface area is 223 Å². The van der Waals surface area contributed by atoms with Gasteiger partial charge in [-0.15, -0.1) is 0 Å². The zero-order valence-corrected chi connectivity index (χ0v) is 21.2. The first-order valence-corrected chi connectivity index (χ1v) is 12.2. The van der Waals surface area contributed by atoms with Crippen LogP contribution >= 0.6 is 0 Å². The van der Waals surface area contributed by atoms with Gasteiger partial charge in [-0.1, -0.05) is 60.7 Å². The molecule has 0 aliphatic rings. The predicted molar refractivity (Wildman–Crippen MR) is 141 cm³/mol. The molecule has 0 bridgehead atoms. The molecule has 39 heavy (non-hydrogen) atoms. The molecule has 0 fully saturated rings. The van der Waals surface area contributed by atoms with Crippen molar-refractivity contribution in [2.75, 3.05) is 0 Å². The zero-order valence-electron chi connectivity index (χ0n) is 21.2. The second-order valence-corrected chi connectivity index (χ2v) is 8.79. The van der Waals surface area contributed by atoms with E-state index in [9.17, 15) is 24.3 Å². The van der Waals surface area contributed by atoms with Gasteiger partial charge in [0.15, 0.2) is 18.3 Å². The minimum Gasteiger partial charge on any atom is -0.451 e. The molecule has 0 amide bonds. The Morgan fingerprint density at radius 1 is 0.615 bits per heavy atom. The lowest BCUT2D eigenvalue weighted by Gasteiger charge is -2.16. The van der Waals surface area contributed by atoms with E-state index in [1.165, 1.54) is 13.8 Å². The number of aliphatic hydroxyl groups is 1. The smallest absolute Gasteiger partial charge is 0.352 e. The average molecular weight is 531 g/mol. The standard InChI is InChI=1S/C30H26O9/c1-18(28(33)38-24-13-11-20-7-3-5-9-22(20)15-24)36-27(32)17-26(31)30(35)37-19(2)29(34)39-25-14-12-21-8-4-6-10-23(21)16-25/h3-16,18-19,26,31H,17H2,1-2H3. The summed E-state index contributed by atoms with van der Waals surface area (Å²) in [6.45, 7) is 2.58.